The van der Waals surface area contributed by atoms with Gasteiger partial charge >= 0.3 is 0 Å². The van der Waals surface area contributed by atoms with E-state index in [-0.39, 0.29) is 17.3 Å². The van der Waals surface area contributed by atoms with Crippen molar-refractivity contribution >= 4 is 17.2 Å². The van der Waals surface area contributed by atoms with Gasteiger partial charge in [0.1, 0.15) is 17.9 Å². The fourth-order valence-electron chi connectivity index (χ4n) is 1.81. The molecule has 5 nitrogen and oxygen atoms in total. The second-order valence-corrected chi connectivity index (χ2v) is 5.49. The van der Waals surface area contributed by atoms with Crippen LogP contribution in [0.3, 0.4) is 0 Å². The van der Waals surface area contributed by atoms with Gasteiger partial charge in [-0.05, 0) is 24.1 Å². The summed E-state index contributed by atoms with van der Waals surface area (Å²) in [7, 11) is 0. The zero-order valence-corrected chi connectivity index (χ0v) is 12.7. The van der Waals surface area contributed by atoms with Crippen LogP contribution >= 0.6 is 12.2 Å². The van der Waals surface area contributed by atoms with E-state index >= 15 is 0 Å². The lowest BCUT2D eigenvalue weighted by molar-refractivity contribution is 0.269. The quantitative estimate of drug-likeness (QED) is 0.829. The van der Waals surface area contributed by atoms with Gasteiger partial charge in [-0.15, -0.1) is 0 Å². The van der Waals surface area contributed by atoms with E-state index in [1.807, 2.05) is 0 Å². The maximum Gasteiger partial charge on any atom is 0.165 e. The minimum atomic E-state index is -0.504. The molecule has 0 aliphatic heterocycles. The summed E-state index contributed by atoms with van der Waals surface area (Å²) >= 11 is 4.80. The Morgan fingerprint density at radius 2 is 2.24 bits per heavy atom. The number of hydrogen-bond acceptors (Lipinski definition) is 4. The van der Waals surface area contributed by atoms with E-state index in [4.69, 9.17) is 22.7 Å². The molecule has 1 heterocycles. The first-order valence-electron chi connectivity index (χ1n) is 6.56. The van der Waals surface area contributed by atoms with Crippen LogP contribution < -0.4 is 10.5 Å². The topological polar surface area (TPSA) is 66.0 Å². The molecule has 2 N–H and O–H groups in total. The van der Waals surface area contributed by atoms with E-state index in [0.29, 0.717) is 17.3 Å². The SMILES string of the molecule is CC(C)Cn1ncnc1COc1ccc(C(N)=S)cc1F. The predicted molar refractivity (Wildman–Crippen MR) is 81.5 cm³/mol. The molecule has 0 spiro atoms. The number of ether oxygens (including phenoxy) is 1. The Kier molecular flexibility index (Phi) is 4.85. The Balaban J connectivity index is 2.07. The molecule has 1 aromatic heterocycles. The first-order valence-corrected chi connectivity index (χ1v) is 6.97. The normalized spacial score (nSPS) is 10.9. The average molecular weight is 308 g/mol. The van der Waals surface area contributed by atoms with Crippen molar-refractivity contribution < 1.29 is 9.13 Å². The molecular formula is C14H17FN4OS. The van der Waals surface area contributed by atoms with E-state index < -0.39 is 5.82 Å². The number of aromatic nitrogens is 3. The first-order chi connectivity index (χ1) is 9.97. The Morgan fingerprint density at radius 3 is 2.86 bits per heavy atom. The minimum Gasteiger partial charge on any atom is -0.483 e. The molecule has 1 aromatic carbocycles. The standard InChI is InChI=1S/C14H17FN4OS/c1-9(2)6-19-13(17-8-18-19)7-20-12-4-3-10(14(16)21)5-11(12)15/h3-5,8-9H,6-7H2,1-2H3,(H2,16,21). The van der Waals surface area contributed by atoms with Crippen LogP contribution in [0.4, 0.5) is 4.39 Å². The van der Waals surface area contributed by atoms with Gasteiger partial charge in [0.05, 0.1) is 0 Å². The second-order valence-electron chi connectivity index (χ2n) is 5.05. The van der Waals surface area contributed by atoms with Crippen molar-refractivity contribution in [1.82, 2.24) is 14.8 Å². The summed E-state index contributed by atoms with van der Waals surface area (Å²) in [5.41, 5.74) is 5.92. The summed E-state index contributed by atoms with van der Waals surface area (Å²) in [4.78, 5) is 4.27. The third-order valence-corrected chi connectivity index (χ3v) is 3.04. The van der Waals surface area contributed by atoms with Gasteiger partial charge in [0, 0.05) is 12.1 Å². The molecule has 0 saturated carbocycles. The Bertz CT molecular complexity index is 642. The number of rotatable bonds is 6. The lowest BCUT2D eigenvalue weighted by atomic mass is 10.2. The molecule has 0 amide bonds. The molecule has 0 atom stereocenters. The number of hydrogen-bond donors (Lipinski definition) is 1. The maximum absolute atomic E-state index is 13.9. The molecule has 2 rings (SSSR count). The van der Waals surface area contributed by atoms with Crippen molar-refractivity contribution in [2.45, 2.75) is 27.0 Å². The molecule has 112 valence electrons. The fourth-order valence-corrected chi connectivity index (χ4v) is 1.94. The highest BCUT2D eigenvalue weighted by molar-refractivity contribution is 7.80. The molecule has 0 radical (unpaired) electrons. The molecule has 0 unspecified atom stereocenters. The third-order valence-electron chi connectivity index (χ3n) is 2.81. The number of thiocarbonyl (C=S) groups is 1. The molecule has 2 aromatic rings. The summed E-state index contributed by atoms with van der Waals surface area (Å²) in [6.07, 6.45) is 1.47. The predicted octanol–water partition coefficient (Wildman–Crippen LogP) is 2.29. The van der Waals surface area contributed by atoms with Gasteiger partial charge in [0.15, 0.2) is 17.4 Å². The van der Waals surface area contributed by atoms with Gasteiger partial charge in [-0.1, -0.05) is 26.1 Å². The Labute approximate surface area is 127 Å². The van der Waals surface area contributed by atoms with Crippen LogP contribution in [0.2, 0.25) is 0 Å². The first kappa shape index (κ1) is 15.4. The monoisotopic (exact) mass is 308 g/mol. The molecule has 0 bridgehead atoms. The average Bonchev–Trinajstić information content (AvgIpc) is 2.83. The molecular weight excluding hydrogens is 291 g/mol. The zero-order chi connectivity index (χ0) is 15.4. The molecule has 0 aliphatic rings. The number of nitrogens with two attached hydrogens (primary N) is 1. The maximum atomic E-state index is 13.9. The van der Waals surface area contributed by atoms with Crippen molar-refractivity contribution in [1.29, 1.82) is 0 Å². The van der Waals surface area contributed by atoms with Crippen LogP contribution in [0.25, 0.3) is 0 Å². The van der Waals surface area contributed by atoms with E-state index in [1.165, 1.54) is 18.5 Å². The largest absolute Gasteiger partial charge is 0.483 e. The van der Waals surface area contributed by atoms with Crippen LogP contribution in [0, 0.1) is 11.7 Å². The van der Waals surface area contributed by atoms with Gasteiger partial charge in [-0.2, -0.15) is 5.10 Å². The zero-order valence-electron chi connectivity index (χ0n) is 11.9. The number of nitrogens with zero attached hydrogens (tertiary/aromatic N) is 3. The fraction of sp³-hybridized carbons (Fsp3) is 0.357. The van der Waals surface area contributed by atoms with Gasteiger partial charge < -0.3 is 10.5 Å². The van der Waals surface area contributed by atoms with Crippen molar-refractivity contribution in [3.63, 3.8) is 0 Å². The Morgan fingerprint density at radius 1 is 1.48 bits per heavy atom. The van der Waals surface area contributed by atoms with Crippen molar-refractivity contribution in [3.05, 3.63) is 41.7 Å². The van der Waals surface area contributed by atoms with Crippen LogP contribution in [0.1, 0.15) is 25.2 Å². The second kappa shape index (κ2) is 6.62. The number of benzene rings is 1. The van der Waals surface area contributed by atoms with Crippen molar-refractivity contribution in [3.8, 4) is 5.75 Å². The summed E-state index contributed by atoms with van der Waals surface area (Å²) in [6.45, 7) is 5.05. The van der Waals surface area contributed by atoms with Crippen molar-refractivity contribution in [2.75, 3.05) is 0 Å². The van der Waals surface area contributed by atoms with Crippen LogP contribution in [-0.2, 0) is 13.2 Å². The van der Waals surface area contributed by atoms with Crippen LogP contribution in [0.15, 0.2) is 24.5 Å². The minimum absolute atomic E-state index is 0.133. The Hall–Kier alpha value is -2.02. The molecule has 0 fully saturated rings. The van der Waals surface area contributed by atoms with Crippen LogP contribution in [-0.4, -0.2) is 19.8 Å². The van der Waals surface area contributed by atoms with E-state index in [1.54, 1.807) is 10.7 Å². The lowest BCUT2D eigenvalue weighted by Gasteiger charge is -2.10. The van der Waals surface area contributed by atoms with Crippen molar-refractivity contribution in [2.24, 2.45) is 11.7 Å². The third kappa shape index (κ3) is 3.98. The van der Waals surface area contributed by atoms with Crippen LogP contribution in [0.5, 0.6) is 5.75 Å². The molecule has 0 saturated heterocycles. The lowest BCUT2D eigenvalue weighted by Crippen LogP contribution is -2.13. The summed E-state index contributed by atoms with van der Waals surface area (Å²) in [5.74, 6) is 0.720. The van der Waals surface area contributed by atoms with E-state index in [2.05, 4.69) is 23.9 Å². The highest BCUT2D eigenvalue weighted by atomic mass is 32.1. The van der Waals surface area contributed by atoms with Gasteiger partial charge in [0.2, 0.25) is 0 Å². The summed E-state index contributed by atoms with van der Waals surface area (Å²) in [6, 6.07) is 4.39. The molecule has 21 heavy (non-hydrogen) atoms. The highest BCUT2D eigenvalue weighted by Gasteiger charge is 2.10. The van der Waals surface area contributed by atoms with E-state index in [9.17, 15) is 4.39 Å². The van der Waals surface area contributed by atoms with Gasteiger partial charge in [0.25, 0.3) is 0 Å². The number of halogens is 1. The van der Waals surface area contributed by atoms with E-state index in [0.717, 1.165) is 6.54 Å². The summed E-state index contributed by atoms with van der Waals surface area (Å²) < 4.78 is 21.1. The molecule has 7 heteroatoms. The summed E-state index contributed by atoms with van der Waals surface area (Å²) in [5, 5.41) is 4.13. The molecule has 0 aliphatic carbocycles. The van der Waals surface area contributed by atoms with Gasteiger partial charge in [-0.25, -0.2) is 14.1 Å². The van der Waals surface area contributed by atoms with Gasteiger partial charge in [-0.3, -0.25) is 0 Å². The highest BCUT2D eigenvalue weighted by Crippen LogP contribution is 2.19. The smallest absolute Gasteiger partial charge is 0.165 e.